The minimum Gasteiger partial charge on any atom is -0.489 e. The van der Waals surface area contributed by atoms with E-state index in [9.17, 15) is 8.78 Å². The first-order chi connectivity index (χ1) is 8.33. The van der Waals surface area contributed by atoms with Gasteiger partial charge in [0, 0.05) is 25.8 Å². The Morgan fingerprint density at radius 3 is 2.22 bits per heavy atom. The van der Waals surface area contributed by atoms with Crippen LogP contribution in [0.1, 0.15) is 5.56 Å². The second-order valence-corrected chi connectivity index (χ2v) is 11.1. The quantitative estimate of drug-likeness (QED) is 0.549. The van der Waals surface area contributed by atoms with Crippen LogP contribution in [0.25, 0.3) is 0 Å². The zero-order valence-corrected chi connectivity index (χ0v) is 12.2. The number of benzene rings is 1. The van der Waals surface area contributed by atoms with E-state index in [1.54, 1.807) is 0 Å². The van der Waals surface area contributed by atoms with E-state index in [2.05, 4.69) is 26.2 Å². The molecule has 0 atom stereocenters. The van der Waals surface area contributed by atoms with E-state index in [1.807, 2.05) is 0 Å². The summed E-state index contributed by atoms with van der Waals surface area (Å²) in [6, 6.07) is 3.35. The third-order valence-corrected chi connectivity index (χ3v) is 4.36. The Morgan fingerprint density at radius 1 is 1.22 bits per heavy atom. The van der Waals surface area contributed by atoms with Crippen molar-refractivity contribution >= 4 is 8.07 Å². The lowest BCUT2D eigenvalue weighted by molar-refractivity contribution is 0.357. The molecule has 100 valence electrons. The van der Waals surface area contributed by atoms with Gasteiger partial charge in [-0.25, -0.2) is 8.78 Å². The molecule has 0 unspecified atom stereocenters. The van der Waals surface area contributed by atoms with Crippen molar-refractivity contribution in [1.29, 1.82) is 0 Å². The summed E-state index contributed by atoms with van der Waals surface area (Å²) in [4.78, 5) is 0. The number of rotatable bonds is 6. The number of hydrogen-bond donors (Lipinski definition) is 0. The van der Waals surface area contributed by atoms with Gasteiger partial charge in [0.05, 0.1) is 0 Å². The lowest BCUT2D eigenvalue weighted by atomic mass is 10.1. The smallest absolute Gasteiger partial charge is 0.132 e. The van der Waals surface area contributed by atoms with E-state index in [4.69, 9.17) is 4.74 Å². The highest BCUT2D eigenvalue weighted by molar-refractivity contribution is 6.76. The highest BCUT2D eigenvalue weighted by Gasteiger charge is 2.17. The van der Waals surface area contributed by atoms with Crippen molar-refractivity contribution < 1.29 is 13.5 Å². The zero-order valence-electron chi connectivity index (χ0n) is 11.2. The van der Waals surface area contributed by atoms with Crippen LogP contribution in [-0.2, 0) is 6.42 Å². The van der Waals surface area contributed by atoms with Crippen LogP contribution in [0.5, 0.6) is 5.75 Å². The lowest BCUT2D eigenvalue weighted by Crippen LogP contribution is -2.20. The zero-order chi connectivity index (χ0) is 13.8. The van der Waals surface area contributed by atoms with Gasteiger partial charge >= 0.3 is 0 Å². The Hall–Kier alpha value is -1.16. The van der Waals surface area contributed by atoms with Crippen molar-refractivity contribution in [3.8, 4) is 5.75 Å². The Bertz CT molecular complexity index is 401. The van der Waals surface area contributed by atoms with Crippen molar-refractivity contribution in [1.82, 2.24) is 0 Å². The van der Waals surface area contributed by atoms with Gasteiger partial charge in [-0.1, -0.05) is 38.3 Å². The molecule has 0 aromatic heterocycles. The first-order valence-electron chi connectivity index (χ1n) is 6.05. The van der Waals surface area contributed by atoms with Crippen molar-refractivity contribution in [2.45, 2.75) is 32.1 Å². The minimum absolute atomic E-state index is 0.170. The van der Waals surface area contributed by atoms with E-state index >= 15 is 0 Å². The Labute approximate surface area is 108 Å². The van der Waals surface area contributed by atoms with Crippen molar-refractivity contribution in [2.24, 2.45) is 0 Å². The molecular formula is C14H20F2OSi. The SMILES string of the molecule is C=CCOc1cc(F)c(CC[Si](C)(C)C)c(F)c1. The Balaban J connectivity index is 2.84. The molecule has 1 nitrogen and oxygen atoms in total. The van der Waals surface area contributed by atoms with Gasteiger partial charge in [-0.2, -0.15) is 0 Å². The first kappa shape index (κ1) is 14.9. The number of halogens is 2. The van der Waals surface area contributed by atoms with Crippen LogP contribution in [-0.4, -0.2) is 14.7 Å². The van der Waals surface area contributed by atoms with Crippen LogP contribution in [0.15, 0.2) is 24.8 Å². The van der Waals surface area contributed by atoms with E-state index in [1.165, 1.54) is 18.2 Å². The normalized spacial score (nSPS) is 11.4. The molecule has 18 heavy (non-hydrogen) atoms. The predicted molar refractivity (Wildman–Crippen MR) is 73.9 cm³/mol. The number of hydrogen-bond acceptors (Lipinski definition) is 1. The van der Waals surface area contributed by atoms with Crippen LogP contribution >= 0.6 is 0 Å². The molecule has 4 heteroatoms. The van der Waals surface area contributed by atoms with Gasteiger partial charge in [0.25, 0.3) is 0 Å². The minimum atomic E-state index is -1.30. The van der Waals surface area contributed by atoms with Crippen molar-refractivity contribution in [3.63, 3.8) is 0 Å². The van der Waals surface area contributed by atoms with Crippen LogP contribution in [0.3, 0.4) is 0 Å². The summed E-state index contributed by atoms with van der Waals surface area (Å²) in [5, 5.41) is 0. The van der Waals surface area contributed by atoms with Crippen molar-refractivity contribution in [2.75, 3.05) is 6.61 Å². The molecule has 0 N–H and O–H groups in total. The Morgan fingerprint density at radius 2 is 1.78 bits per heavy atom. The summed E-state index contributed by atoms with van der Waals surface area (Å²) < 4.78 is 32.7. The molecule has 0 radical (unpaired) electrons. The summed E-state index contributed by atoms with van der Waals surface area (Å²) >= 11 is 0. The van der Waals surface area contributed by atoms with E-state index in [0.29, 0.717) is 6.42 Å². The predicted octanol–water partition coefficient (Wildman–Crippen LogP) is 4.41. The molecule has 0 saturated heterocycles. The summed E-state index contributed by atoms with van der Waals surface area (Å²) in [6.07, 6.45) is 1.99. The second kappa shape index (κ2) is 6.14. The van der Waals surface area contributed by atoms with E-state index in [-0.39, 0.29) is 17.9 Å². The first-order valence-corrected chi connectivity index (χ1v) is 9.76. The molecule has 0 aliphatic heterocycles. The molecule has 0 saturated carbocycles. The van der Waals surface area contributed by atoms with Crippen LogP contribution in [0.2, 0.25) is 25.7 Å². The highest BCUT2D eigenvalue weighted by Crippen LogP contribution is 2.24. The molecule has 0 amide bonds. The molecule has 1 aromatic rings. The second-order valence-electron chi connectivity index (χ2n) is 5.53. The third-order valence-electron chi connectivity index (χ3n) is 2.61. The molecule has 0 heterocycles. The maximum atomic E-state index is 13.8. The van der Waals surface area contributed by atoms with Gasteiger partial charge in [-0.15, -0.1) is 0 Å². The molecule has 1 aromatic carbocycles. The maximum Gasteiger partial charge on any atom is 0.132 e. The van der Waals surface area contributed by atoms with Crippen LogP contribution in [0, 0.1) is 11.6 Å². The van der Waals surface area contributed by atoms with Gasteiger partial charge in [0.15, 0.2) is 0 Å². The number of ether oxygens (including phenoxy) is 1. The van der Waals surface area contributed by atoms with Gasteiger partial charge in [0.2, 0.25) is 0 Å². The van der Waals surface area contributed by atoms with Gasteiger partial charge in [-0.05, 0) is 6.42 Å². The lowest BCUT2D eigenvalue weighted by Gasteiger charge is -2.16. The van der Waals surface area contributed by atoms with Crippen LogP contribution in [0.4, 0.5) is 8.78 Å². The summed E-state index contributed by atoms with van der Waals surface area (Å²) in [6.45, 7) is 10.3. The standard InChI is InChI=1S/C14H20F2OSi/c1-5-7-17-11-9-13(15)12(14(16)10-11)6-8-18(2,3)4/h5,9-10H,1,6-8H2,2-4H3. The highest BCUT2D eigenvalue weighted by atomic mass is 28.3. The molecule has 0 aliphatic carbocycles. The monoisotopic (exact) mass is 270 g/mol. The van der Waals surface area contributed by atoms with Crippen molar-refractivity contribution in [3.05, 3.63) is 42.0 Å². The maximum absolute atomic E-state index is 13.8. The summed E-state index contributed by atoms with van der Waals surface area (Å²) in [7, 11) is -1.30. The third kappa shape index (κ3) is 4.60. The van der Waals surface area contributed by atoms with Gasteiger partial charge in [0.1, 0.15) is 24.0 Å². The Kier molecular flexibility index (Phi) is 5.08. The fraction of sp³-hybridized carbons (Fsp3) is 0.429. The molecule has 0 spiro atoms. The largest absolute Gasteiger partial charge is 0.489 e. The fourth-order valence-corrected chi connectivity index (χ4v) is 2.56. The molecule has 1 rings (SSSR count). The van der Waals surface area contributed by atoms with E-state index in [0.717, 1.165) is 6.04 Å². The van der Waals surface area contributed by atoms with Gasteiger partial charge in [-0.3, -0.25) is 0 Å². The van der Waals surface area contributed by atoms with Gasteiger partial charge < -0.3 is 4.74 Å². The average molecular weight is 270 g/mol. The van der Waals surface area contributed by atoms with Crippen LogP contribution < -0.4 is 4.74 Å². The van der Waals surface area contributed by atoms with E-state index < -0.39 is 19.7 Å². The molecule has 0 aliphatic rings. The fourth-order valence-electron chi connectivity index (χ4n) is 1.56. The topological polar surface area (TPSA) is 9.23 Å². The summed E-state index contributed by atoms with van der Waals surface area (Å²) in [5.41, 5.74) is 0.170. The molecular weight excluding hydrogens is 250 g/mol. The average Bonchev–Trinajstić information content (AvgIpc) is 2.23. The summed E-state index contributed by atoms with van der Waals surface area (Å²) in [5.74, 6) is -0.832. The molecule has 0 fully saturated rings. The molecule has 0 bridgehead atoms.